The fourth-order valence-corrected chi connectivity index (χ4v) is 2.64. The fraction of sp³-hybridized carbons (Fsp3) is 0.615. The van der Waals surface area contributed by atoms with Gasteiger partial charge in [0, 0.05) is 6.54 Å². The average molecular weight is 298 g/mol. The second-order valence-electron chi connectivity index (χ2n) is 4.89. The van der Waals surface area contributed by atoms with Crippen LogP contribution >= 0.6 is 15.9 Å². The van der Waals surface area contributed by atoms with Gasteiger partial charge in [-0.2, -0.15) is 0 Å². The predicted molar refractivity (Wildman–Crippen MR) is 75.4 cm³/mol. The van der Waals surface area contributed by atoms with E-state index in [2.05, 4.69) is 44.2 Å². The SMILES string of the molecule is Cc1nc(Br)ccc1NCC1CCN(C)CC1. The summed E-state index contributed by atoms with van der Waals surface area (Å²) in [4.78, 5) is 6.80. The number of nitrogens with one attached hydrogen (secondary N) is 1. The van der Waals surface area contributed by atoms with E-state index in [0.29, 0.717) is 0 Å². The summed E-state index contributed by atoms with van der Waals surface area (Å²) in [6.45, 7) is 5.56. The summed E-state index contributed by atoms with van der Waals surface area (Å²) in [5.74, 6) is 0.800. The topological polar surface area (TPSA) is 28.2 Å². The highest BCUT2D eigenvalue weighted by molar-refractivity contribution is 9.10. The van der Waals surface area contributed by atoms with Crippen molar-refractivity contribution in [2.75, 3.05) is 32.0 Å². The van der Waals surface area contributed by atoms with E-state index in [4.69, 9.17) is 0 Å². The third kappa shape index (κ3) is 3.68. The molecule has 0 atom stereocenters. The van der Waals surface area contributed by atoms with Gasteiger partial charge in [-0.3, -0.25) is 0 Å². The third-order valence-electron chi connectivity index (χ3n) is 3.47. The highest BCUT2D eigenvalue weighted by Crippen LogP contribution is 2.19. The maximum absolute atomic E-state index is 4.40. The van der Waals surface area contributed by atoms with Gasteiger partial charge >= 0.3 is 0 Å². The number of hydrogen-bond acceptors (Lipinski definition) is 3. The molecule has 0 unspecified atom stereocenters. The molecule has 3 nitrogen and oxygen atoms in total. The van der Waals surface area contributed by atoms with E-state index in [1.54, 1.807) is 0 Å². The van der Waals surface area contributed by atoms with Crippen LogP contribution in [0.3, 0.4) is 0 Å². The van der Waals surface area contributed by atoms with E-state index < -0.39 is 0 Å². The highest BCUT2D eigenvalue weighted by Gasteiger charge is 2.16. The van der Waals surface area contributed by atoms with Crippen molar-refractivity contribution >= 4 is 21.6 Å². The Morgan fingerprint density at radius 3 is 2.76 bits per heavy atom. The molecule has 0 bridgehead atoms. The highest BCUT2D eigenvalue weighted by atomic mass is 79.9. The van der Waals surface area contributed by atoms with Crippen LogP contribution in [0.5, 0.6) is 0 Å². The number of aryl methyl sites for hydroxylation is 1. The summed E-state index contributed by atoms with van der Waals surface area (Å²) < 4.78 is 0.903. The van der Waals surface area contributed by atoms with E-state index in [1.165, 1.54) is 25.9 Å². The maximum Gasteiger partial charge on any atom is 0.106 e. The smallest absolute Gasteiger partial charge is 0.106 e. The Balaban J connectivity index is 1.85. The van der Waals surface area contributed by atoms with Crippen LogP contribution in [0.4, 0.5) is 5.69 Å². The van der Waals surface area contributed by atoms with Crippen LogP contribution in [-0.4, -0.2) is 36.6 Å². The minimum atomic E-state index is 0.800. The summed E-state index contributed by atoms with van der Waals surface area (Å²) in [7, 11) is 2.20. The molecule has 0 aliphatic carbocycles. The molecule has 1 N–H and O–H groups in total. The molecule has 0 amide bonds. The molecule has 1 aliphatic heterocycles. The van der Waals surface area contributed by atoms with Crippen LogP contribution in [0.1, 0.15) is 18.5 Å². The standard InChI is InChI=1S/C13H20BrN3/c1-10-12(3-4-13(14)16-10)15-9-11-5-7-17(2)8-6-11/h3-4,11,15H,5-9H2,1-2H3. The molecule has 1 aromatic heterocycles. The molecule has 0 radical (unpaired) electrons. The lowest BCUT2D eigenvalue weighted by atomic mass is 9.97. The number of nitrogens with zero attached hydrogens (tertiary/aromatic N) is 2. The summed E-state index contributed by atoms with van der Waals surface area (Å²) in [6.07, 6.45) is 2.60. The zero-order chi connectivity index (χ0) is 12.3. The van der Waals surface area contributed by atoms with Crippen molar-refractivity contribution in [3.63, 3.8) is 0 Å². The monoisotopic (exact) mass is 297 g/mol. The third-order valence-corrected chi connectivity index (χ3v) is 3.91. The van der Waals surface area contributed by atoms with Gasteiger partial charge in [-0.1, -0.05) is 0 Å². The van der Waals surface area contributed by atoms with E-state index in [-0.39, 0.29) is 0 Å². The van der Waals surface area contributed by atoms with Crippen molar-refractivity contribution in [1.29, 1.82) is 0 Å². The Morgan fingerprint density at radius 1 is 1.41 bits per heavy atom. The molecule has 0 saturated carbocycles. The van der Waals surface area contributed by atoms with Gasteiger partial charge in [0.15, 0.2) is 0 Å². The number of rotatable bonds is 3. The van der Waals surface area contributed by atoms with Gasteiger partial charge in [-0.15, -0.1) is 0 Å². The van der Waals surface area contributed by atoms with Crippen LogP contribution < -0.4 is 5.32 Å². The van der Waals surface area contributed by atoms with Gasteiger partial charge in [0.2, 0.25) is 0 Å². The normalized spacial score (nSPS) is 18.3. The van der Waals surface area contributed by atoms with Gasteiger partial charge in [0.05, 0.1) is 11.4 Å². The van der Waals surface area contributed by atoms with Crippen molar-refractivity contribution < 1.29 is 0 Å². The first-order chi connectivity index (χ1) is 8.15. The average Bonchev–Trinajstić information content (AvgIpc) is 2.30. The minimum absolute atomic E-state index is 0.800. The number of pyridine rings is 1. The summed E-state index contributed by atoms with van der Waals surface area (Å²) >= 11 is 3.39. The largest absolute Gasteiger partial charge is 0.383 e. The Hall–Kier alpha value is -0.610. The maximum atomic E-state index is 4.40. The zero-order valence-electron chi connectivity index (χ0n) is 10.5. The summed E-state index contributed by atoms with van der Waals surface area (Å²) in [5.41, 5.74) is 2.22. The lowest BCUT2D eigenvalue weighted by Crippen LogP contribution is -2.33. The molecule has 94 valence electrons. The first kappa shape index (κ1) is 12.8. The molecule has 2 heterocycles. The van der Waals surface area contributed by atoms with Crippen LogP contribution in [0, 0.1) is 12.8 Å². The number of likely N-dealkylation sites (tertiary alicyclic amines) is 1. The van der Waals surface area contributed by atoms with Gasteiger partial charge < -0.3 is 10.2 Å². The van der Waals surface area contributed by atoms with Crippen LogP contribution in [0.2, 0.25) is 0 Å². The number of halogens is 1. The molecule has 17 heavy (non-hydrogen) atoms. The Labute approximate surface area is 112 Å². The van der Waals surface area contributed by atoms with Gasteiger partial charge in [-0.05, 0) is 73.9 Å². The lowest BCUT2D eigenvalue weighted by molar-refractivity contribution is 0.226. The van der Waals surface area contributed by atoms with Crippen LogP contribution in [-0.2, 0) is 0 Å². The summed E-state index contributed by atoms with van der Waals surface area (Å²) in [5, 5.41) is 3.52. The number of aromatic nitrogens is 1. The predicted octanol–water partition coefficient (Wildman–Crippen LogP) is 2.91. The molecule has 1 fully saturated rings. The molecule has 4 heteroatoms. The van der Waals surface area contributed by atoms with Crippen LogP contribution in [0.15, 0.2) is 16.7 Å². The fourth-order valence-electron chi connectivity index (χ4n) is 2.24. The zero-order valence-corrected chi connectivity index (χ0v) is 12.1. The number of piperidine rings is 1. The first-order valence-corrected chi connectivity index (χ1v) is 7.00. The van der Waals surface area contributed by atoms with Gasteiger partial charge in [0.1, 0.15) is 4.60 Å². The molecule has 1 aliphatic rings. The van der Waals surface area contributed by atoms with Gasteiger partial charge in [0.25, 0.3) is 0 Å². The molecular formula is C13H20BrN3. The first-order valence-electron chi connectivity index (χ1n) is 6.20. The van der Waals surface area contributed by atoms with E-state index in [1.807, 2.05) is 13.0 Å². The molecule has 2 rings (SSSR count). The van der Waals surface area contributed by atoms with Crippen molar-refractivity contribution in [3.05, 3.63) is 22.4 Å². The Morgan fingerprint density at radius 2 is 2.12 bits per heavy atom. The van der Waals surface area contributed by atoms with E-state index in [0.717, 1.165) is 28.4 Å². The van der Waals surface area contributed by atoms with E-state index in [9.17, 15) is 0 Å². The van der Waals surface area contributed by atoms with Crippen molar-refractivity contribution in [2.24, 2.45) is 5.92 Å². The van der Waals surface area contributed by atoms with Crippen molar-refractivity contribution in [2.45, 2.75) is 19.8 Å². The number of hydrogen-bond donors (Lipinski definition) is 1. The van der Waals surface area contributed by atoms with Gasteiger partial charge in [-0.25, -0.2) is 4.98 Å². The van der Waals surface area contributed by atoms with Crippen molar-refractivity contribution in [1.82, 2.24) is 9.88 Å². The molecule has 1 saturated heterocycles. The Kier molecular flexibility index (Phi) is 4.40. The molecule has 1 aromatic rings. The summed E-state index contributed by atoms with van der Waals surface area (Å²) in [6, 6.07) is 4.09. The van der Waals surface area contributed by atoms with Crippen molar-refractivity contribution in [3.8, 4) is 0 Å². The number of anilines is 1. The van der Waals surface area contributed by atoms with E-state index >= 15 is 0 Å². The minimum Gasteiger partial charge on any atom is -0.383 e. The molecular weight excluding hydrogens is 278 g/mol. The Bertz CT molecular complexity index is 373. The van der Waals surface area contributed by atoms with Crippen LogP contribution in [0.25, 0.3) is 0 Å². The quantitative estimate of drug-likeness (QED) is 0.870. The lowest BCUT2D eigenvalue weighted by Gasteiger charge is -2.29. The molecule has 0 aromatic carbocycles. The second-order valence-corrected chi connectivity index (χ2v) is 5.71. The molecule has 0 spiro atoms. The second kappa shape index (κ2) is 5.83.